The van der Waals surface area contributed by atoms with Gasteiger partial charge in [-0.05, 0) is 25.0 Å². The Kier molecular flexibility index (Phi) is 4.27. The number of anilines is 1. The van der Waals surface area contributed by atoms with E-state index in [0.29, 0.717) is 23.9 Å². The maximum Gasteiger partial charge on any atom is 0.227 e. The number of hydrogen-bond acceptors (Lipinski definition) is 6. The minimum absolute atomic E-state index is 0.0682. The summed E-state index contributed by atoms with van der Waals surface area (Å²) in [6.07, 6.45) is 1.91. The lowest BCUT2D eigenvalue weighted by molar-refractivity contribution is 0.297. The molecule has 0 aliphatic rings. The van der Waals surface area contributed by atoms with Gasteiger partial charge >= 0.3 is 0 Å². The van der Waals surface area contributed by atoms with Crippen molar-refractivity contribution >= 4 is 5.82 Å². The van der Waals surface area contributed by atoms with E-state index in [4.69, 9.17) is 15.7 Å². The monoisotopic (exact) mass is 260 g/mol. The molecule has 0 saturated heterocycles. The topological polar surface area (TPSA) is 93.3 Å². The SMILES string of the molecule is Cc1c(NN)ncnc1Oc1ccccc1CCO. The number of hydrogen-bond donors (Lipinski definition) is 3. The first kappa shape index (κ1) is 13.3. The molecule has 0 saturated carbocycles. The summed E-state index contributed by atoms with van der Waals surface area (Å²) in [7, 11) is 0. The molecule has 0 amide bonds. The van der Waals surface area contributed by atoms with Crippen LogP contribution in [-0.4, -0.2) is 21.7 Å². The van der Waals surface area contributed by atoms with Crippen molar-refractivity contribution < 1.29 is 9.84 Å². The summed E-state index contributed by atoms with van der Waals surface area (Å²) in [6, 6.07) is 7.51. The summed E-state index contributed by atoms with van der Waals surface area (Å²) in [5.41, 5.74) is 4.14. The third-order valence-electron chi connectivity index (χ3n) is 2.73. The van der Waals surface area contributed by atoms with Crippen LogP contribution in [0.25, 0.3) is 0 Å². The van der Waals surface area contributed by atoms with Crippen LogP contribution in [0.2, 0.25) is 0 Å². The highest BCUT2D eigenvalue weighted by atomic mass is 16.5. The lowest BCUT2D eigenvalue weighted by Gasteiger charge is -2.12. The van der Waals surface area contributed by atoms with Crippen LogP contribution in [0, 0.1) is 6.92 Å². The Bertz CT molecular complexity index is 560. The van der Waals surface area contributed by atoms with E-state index in [1.54, 1.807) is 0 Å². The smallest absolute Gasteiger partial charge is 0.227 e. The van der Waals surface area contributed by atoms with Crippen molar-refractivity contribution in [3.8, 4) is 11.6 Å². The van der Waals surface area contributed by atoms with Crippen molar-refractivity contribution in [2.24, 2.45) is 5.84 Å². The fourth-order valence-electron chi connectivity index (χ4n) is 1.72. The average Bonchev–Trinajstić information content (AvgIpc) is 2.43. The predicted molar refractivity (Wildman–Crippen MR) is 71.9 cm³/mol. The number of aromatic nitrogens is 2. The number of nitrogens with zero attached hydrogens (tertiary/aromatic N) is 2. The zero-order chi connectivity index (χ0) is 13.7. The third-order valence-corrected chi connectivity index (χ3v) is 2.73. The number of rotatable bonds is 5. The molecule has 1 aromatic heterocycles. The lowest BCUT2D eigenvalue weighted by atomic mass is 10.1. The van der Waals surface area contributed by atoms with E-state index in [0.717, 1.165) is 11.1 Å². The van der Waals surface area contributed by atoms with Gasteiger partial charge < -0.3 is 15.3 Å². The number of nitrogens with one attached hydrogen (secondary N) is 1. The molecule has 2 aromatic rings. The maximum absolute atomic E-state index is 9.04. The van der Waals surface area contributed by atoms with E-state index in [9.17, 15) is 0 Å². The molecule has 0 radical (unpaired) electrons. The first-order chi connectivity index (χ1) is 9.26. The summed E-state index contributed by atoms with van der Waals surface area (Å²) in [6.45, 7) is 1.89. The molecule has 0 bridgehead atoms. The lowest BCUT2D eigenvalue weighted by Crippen LogP contribution is -2.11. The number of nitrogen functional groups attached to an aromatic ring is 1. The van der Waals surface area contributed by atoms with Crippen LogP contribution in [0.4, 0.5) is 5.82 Å². The first-order valence-electron chi connectivity index (χ1n) is 5.91. The van der Waals surface area contributed by atoms with Crippen molar-refractivity contribution in [1.82, 2.24) is 9.97 Å². The first-order valence-corrected chi connectivity index (χ1v) is 5.91. The molecule has 0 fully saturated rings. The van der Waals surface area contributed by atoms with Gasteiger partial charge in [0.05, 0.1) is 5.56 Å². The summed E-state index contributed by atoms with van der Waals surface area (Å²) in [5.74, 6) is 6.99. The Morgan fingerprint density at radius 3 is 2.84 bits per heavy atom. The second-order valence-electron chi connectivity index (χ2n) is 3.98. The highest BCUT2D eigenvalue weighted by Crippen LogP contribution is 2.28. The van der Waals surface area contributed by atoms with Gasteiger partial charge in [0.1, 0.15) is 17.9 Å². The molecule has 1 aromatic carbocycles. The molecule has 19 heavy (non-hydrogen) atoms. The van der Waals surface area contributed by atoms with E-state index in [2.05, 4.69) is 15.4 Å². The van der Waals surface area contributed by atoms with E-state index >= 15 is 0 Å². The van der Waals surface area contributed by atoms with Gasteiger partial charge in [0.15, 0.2) is 0 Å². The van der Waals surface area contributed by atoms with E-state index < -0.39 is 0 Å². The predicted octanol–water partition coefficient (Wildman–Crippen LogP) is 1.40. The maximum atomic E-state index is 9.04. The number of hydrazine groups is 1. The van der Waals surface area contributed by atoms with Crippen molar-refractivity contribution in [3.63, 3.8) is 0 Å². The van der Waals surface area contributed by atoms with Crippen LogP contribution in [0.1, 0.15) is 11.1 Å². The number of aliphatic hydroxyl groups excluding tert-OH is 1. The highest BCUT2D eigenvalue weighted by molar-refractivity contribution is 5.48. The van der Waals surface area contributed by atoms with Gasteiger partial charge in [-0.3, -0.25) is 0 Å². The quantitative estimate of drug-likeness (QED) is 0.556. The van der Waals surface area contributed by atoms with E-state index in [1.165, 1.54) is 6.33 Å². The van der Waals surface area contributed by atoms with Gasteiger partial charge in [-0.15, -0.1) is 0 Å². The molecule has 1 heterocycles. The molecular weight excluding hydrogens is 244 g/mol. The minimum atomic E-state index is 0.0682. The van der Waals surface area contributed by atoms with E-state index in [-0.39, 0.29) is 6.61 Å². The minimum Gasteiger partial charge on any atom is -0.438 e. The van der Waals surface area contributed by atoms with Crippen LogP contribution < -0.4 is 16.0 Å². The summed E-state index contributed by atoms with van der Waals surface area (Å²) in [5, 5.41) is 9.04. The van der Waals surface area contributed by atoms with Crippen LogP contribution in [0.3, 0.4) is 0 Å². The number of aliphatic hydroxyl groups is 1. The van der Waals surface area contributed by atoms with Crippen LogP contribution in [-0.2, 0) is 6.42 Å². The fourth-order valence-corrected chi connectivity index (χ4v) is 1.72. The van der Waals surface area contributed by atoms with Crippen molar-refractivity contribution in [2.75, 3.05) is 12.0 Å². The van der Waals surface area contributed by atoms with Gasteiger partial charge in [0.25, 0.3) is 0 Å². The van der Waals surface area contributed by atoms with Gasteiger partial charge in [-0.2, -0.15) is 0 Å². The molecule has 0 aliphatic heterocycles. The Morgan fingerprint density at radius 1 is 1.32 bits per heavy atom. The molecule has 6 heteroatoms. The molecule has 0 unspecified atom stereocenters. The average molecular weight is 260 g/mol. The van der Waals surface area contributed by atoms with Gasteiger partial charge in [-0.1, -0.05) is 18.2 Å². The largest absolute Gasteiger partial charge is 0.438 e. The van der Waals surface area contributed by atoms with Crippen LogP contribution in [0.5, 0.6) is 11.6 Å². The van der Waals surface area contributed by atoms with Crippen molar-refractivity contribution in [1.29, 1.82) is 0 Å². The molecule has 6 nitrogen and oxygen atoms in total. The fraction of sp³-hybridized carbons (Fsp3) is 0.231. The van der Waals surface area contributed by atoms with Crippen molar-refractivity contribution in [3.05, 3.63) is 41.7 Å². The normalized spacial score (nSPS) is 10.3. The standard InChI is InChI=1S/C13H16N4O2/c1-9-12(17-14)15-8-16-13(9)19-11-5-3-2-4-10(11)6-7-18/h2-5,8,18H,6-7,14H2,1H3,(H,15,16,17). The number of nitrogens with two attached hydrogens (primary N) is 1. The van der Waals surface area contributed by atoms with Gasteiger partial charge in [-0.25, -0.2) is 15.8 Å². The molecular formula is C13H16N4O2. The van der Waals surface area contributed by atoms with Gasteiger partial charge in [0.2, 0.25) is 5.88 Å². The highest BCUT2D eigenvalue weighted by Gasteiger charge is 2.10. The van der Waals surface area contributed by atoms with Crippen LogP contribution >= 0.6 is 0 Å². The summed E-state index contributed by atoms with van der Waals surface area (Å²) >= 11 is 0. The Morgan fingerprint density at radius 2 is 2.11 bits per heavy atom. The zero-order valence-corrected chi connectivity index (χ0v) is 10.6. The summed E-state index contributed by atoms with van der Waals surface area (Å²) < 4.78 is 5.78. The summed E-state index contributed by atoms with van der Waals surface area (Å²) in [4.78, 5) is 8.08. The Labute approximate surface area is 111 Å². The zero-order valence-electron chi connectivity index (χ0n) is 10.6. The molecule has 0 spiro atoms. The number of para-hydroxylation sites is 1. The molecule has 0 atom stereocenters. The van der Waals surface area contributed by atoms with Crippen LogP contribution in [0.15, 0.2) is 30.6 Å². The second-order valence-corrected chi connectivity index (χ2v) is 3.98. The molecule has 100 valence electrons. The van der Waals surface area contributed by atoms with Gasteiger partial charge in [0, 0.05) is 6.61 Å². The molecule has 2 rings (SSSR count). The number of benzene rings is 1. The third kappa shape index (κ3) is 2.98. The molecule has 4 N–H and O–H groups in total. The Hall–Kier alpha value is -2.18. The van der Waals surface area contributed by atoms with E-state index in [1.807, 2.05) is 31.2 Å². The Balaban J connectivity index is 2.31. The second kappa shape index (κ2) is 6.12. The number of ether oxygens (including phenoxy) is 1. The van der Waals surface area contributed by atoms with Crippen molar-refractivity contribution in [2.45, 2.75) is 13.3 Å². The molecule has 0 aliphatic carbocycles.